The zero-order valence-corrected chi connectivity index (χ0v) is 23.4. The third kappa shape index (κ3) is 5.95. The minimum atomic E-state index is -0.480. The Bertz CT molecular complexity index is 1620. The van der Waals surface area contributed by atoms with Crippen LogP contribution in [0.2, 0.25) is 0 Å². The third-order valence-corrected chi connectivity index (χ3v) is 7.39. The van der Waals surface area contributed by atoms with Gasteiger partial charge in [-0.2, -0.15) is 0 Å². The van der Waals surface area contributed by atoms with Crippen LogP contribution in [0.1, 0.15) is 11.1 Å². The number of nitrogens with zero attached hydrogens (tertiary/aromatic N) is 3. The van der Waals surface area contributed by atoms with Gasteiger partial charge in [-0.25, -0.2) is 14.9 Å². The highest BCUT2D eigenvalue weighted by atomic mass is 79.9. The highest BCUT2D eigenvalue weighted by Gasteiger charge is 2.34. The normalized spacial score (nSPS) is 13.9. The summed E-state index contributed by atoms with van der Waals surface area (Å²) in [5.74, 6) is -0.0768. The quantitative estimate of drug-likeness (QED) is 0.197. The average molecular weight is 619 g/mol. The van der Waals surface area contributed by atoms with E-state index in [1.807, 2.05) is 54.6 Å². The van der Waals surface area contributed by atoms with E-state index in [1.54, 1.807) is 23.7 Å². The van der Waals surface area contributed by atoms with Crippen LogP contribution in [0.3, 0.4) is 0 Å². The molecule has 8 nitrogen and oxygen atoms in total. The minimum absolute atomic E-state index is 0.0184. The van der Waals surface area contributed by atoms with Gasteiger partial charge < -0.3 is 15.7 Å². The van der Waals surface area contributed by atoms with Crippen LogP contribution in [0.4, 0.5) is 5.82 Å². The molecule has 1 aromatic heterocycles. The van der Waals surface area contributed by atoms with Crippen molar-refractivity contribution >= 4 is 74.1 Å². The molecule has 4 aromatic rings. The SMILES string of the molecule is O=C(CNC(=S)N1C(=O)/C(=C/c2ccccc2O)N=C1c1ccccc1)Nc1ncsc1-c1ccc(Br)cc1. The van der Waals surface area contributed by atoms with Crippen LogP contribution in [0, 0.1) is 0 Å². The molecule has 0 spiro atoms. The molecular formula is C28H20BrN5O3S2. The molecule has 1 aliphatic rings. The molecule has 2 heterocycles. The number of carbonyl (C=O) groups excluding carboxylic acids is 2. The van der Waals surface area contributed by atoms with E-state index in [-0.39, 0.29) is 29.0 Å². The van der Waals surface area contributed by atoms with E-state index < -0.39 is 5.91 Å². The fourth-order valence-electron chi connectivity index (χ4n) is 3.80. The largest absolute Gasteiger partial charge is 0.507 e. The predicted octanol–water partition coefficient (Wildman–Crippen LogP) is 5.42. The van der Waals surface area contributed by atoms with Crippen LogP contribution in [0.15, 0.2) is 99.5 Å². The van der Waals surface area contributed by atoms with Gasteiger partial charge in [0, 0.05) is 15.6 Å². The van der Waals surface area contributed by atoms with E-state index in [2.05, 4.69) is 36.5 Å². The summed E-state index contributed by atoms with van der Waals surface area (Å²) in [5.41, 5.74) is 3.80. The maximum atomic E-state index is 13.4. The van der Waals surface area contributed by atoms with E-state index in [9.17, 15) is 14.7 Å². The van der Waals surface area contributed by atoms with Crippen LogP contribution in [0.25, 0.3) is 16.5 Å². The molecule has 1 aliphatic heterocycles. The number of rotatable bonds is 6. The summed E-state index contributed by atoms with van der Waals surface area (Å²) in [7, 11) is 0. The van der Waals surface area contributed by atoms with E-state index in [1.165, 1.54) is 28.4 Å². The van der Waals surface area contributed by atoms with Gasteiger partial charge in [-0.3, -0.25) is 9.59 Å². The van der Waals surface area contributed by atoms with Gasteiger partial charge in [0.1, 0.15) is 17.3 Å². The number of nitrogens with one attached hydrogen (secondary N) is 2. The minimum Gasteiger partial charge on any atom is -0.507 e. The van der Waals surface area contributed by atoms with Gasteiger partial charge in [0.2, 0.25) is 5.91 Å². The molecule has 0 saturated carbocycles. The Morgan fingerprint density at radius 2 is 1.74 bits per heavy atom. The first-order valence-electron chi connectivity index (χ1n) is 11.7. The summed E-state index contributed by atoms with van der Waals surface area (Å²) in [6.45, 7) is -0.194. The first-order valence-corrected chi connectivity index (χ1v) is 13.7. The molecular weight excluding hydrogens is 598 g/mol. The number of carbonyl (C=O) groups is 2. The zero-order chi connectivity index (χ0) is 27.4. The number of aliphatic imine (C=N–C) groups is 1. The van der Waals surface area contributed by atoms with Gasteiger partial charge in [-0.1, -0.05) is 76.6 Å². The monoisotopic (exact) mass is 617 g/mol. The summed E-state index contributed by atoms with van der Waals surface area (Å²) >= 11 is 10.4. The van der Waals surface area contributed by atoms with Gasteiger partial charge in [0.25, 0.3) is 5.91 Å². The molecule has 0 radical (unpaired) electrons. The second-order valence-corrected chi connectivity index (χ2v) is 10.4. The van der Waals surface area contributed by atoms with Gasteiger partial charge >= 0.3 is 0 Å². The second kappa shape index (κ2) is 11.7. The lowest BCUT2D eigenvalue weighted by Crippen LogP contribution is -2.46. The van der Waals surface area contributed by atoms with Crippen molar-refractivity contribution in [1.82, 2.24) is 15.2 Å². The molecule has 5 rings (SSSR count). The molecule has 0 saturated heterocycles. The molecule has 0 atom stereocenters. The number of phenols is 1. The summed E-state index contributed by atoms with van der Waals surface area (Å²) in [5, 5.41) is 15.9. The number of thiazole rings is 1. The molecule has 0 fully saturated rings. The van der Waals surface area contributed by atoms with E-state index in [0.717, 1.165) is 14.9 Å². The first-order chi connectivity index (χ1) is 18.9. The summed E-state index contributed by atoms with van der Waals surface area (Å²) in [6, 6.07) is 23.5. The molecule has 2 amide bonds. The third-order valence-electron chi connectivity index (χ3n) is 5.66. The number of para-hydroxylation sites is 1. The number of aromatic nitrogens is 1. The lowest BCUT2D eigenvalue weighted by Gasteiger charge is -2.20. The topological polar surface area (TPSA) is 107 Å². The number of benzene rings is 3. The molecule has 11 heteroatoms. The van der Waals surface area contributed by atoms with Crippen molar-refractivity contribution in [1.29, 1.82) is 0 Å². The Morgan fingerprint density at radius 1 is 1.03 bits per heavy atom. The number of anilines is 1. The van der Waals surface area contributed by atoms with Crippen molar-refractivity contribution in [2.45, 2.75) is 0 Å². The molecule has 0 aliphatic carbocycles. The number of amides is 2. The maximum absolute atomic E-state index is 13.4. The Morgan fingerprint density at radius 3 is 2.49 bits per heavy atom. The lowest BCUT2D eigenvalue weighted by molar-refractivity contribution is -0.120. The van der Waals surface area contributed by atoms with Gasteiger partial charge in [0.05, 0.1) is 16.9 Å². The molecule has 0 bridgehead atoms. The van der Waals surface area contributed by atoms with Crippen molar-refractivity contribution in [3.8, 4) is 16.2 Å². The summed E-state index contributed by atoms with van der Waals surface area (Å²) in [4.78, 5) is 37.1. The Kier molecular flexibility index (Phi) is 7.92. The highest BCUT2D eigenvalue weighted by Crippen LogP contribution is 2.32. The van der Waals surface area contributed by atoms with Crippen LogP contribution < -0.4 is 10.6 Å². The maximum Gasteiger partial charge on any atom is 0.284 e. The molecule has 3 aromatic carbocycles. The van der Waals surface area contributed by atoms with Crippen LogP contribution in [-0.4, -0.2) is 44.3 Å². The highest BCUT2D eigenvalue weighted by molar-refractivity contribution is 9.10. The van der Waals surface area contributed by atoms with Crippen LogP contribution in [-0.2, 0) is 9.59 Å². The fourth-order valence-corrected chi connectivity index (χ4v) is 5.05. The van der Waals surface area contributed by atoms with Crippen LogP contribution in [0.5, 0.6) is 5.75 Å². The molecule has 39 heavy (non-hydrogen) atoms. The zero-order valence-electron chi connectivity index (χ0n) is 20.2. The van der Waals surface area contributed by atoms with Crippen molar-refractivity contribution in [2.75, 3.05) is 11.9 Å². The molecule has 194 valence electrons. The van der Waals surface area contributed by atoms with Gasteiger partial charge in [0.15, 0.2) is 10.9 Å². The lowest BCUT2D eigenvalue weighted by atomic mass is 10.1. The van der Waals surface area contributed by atoms with Crippen molar-refractivity contribution in [3.05, 3.63) is 106 Å². The number of thiocarbonyl (C=S) groups is 1. The van der Waals surface area contributed by atoms with Gasteiger partial charge in [-0.05, 0) is 42.1 Å². The predicted molar refractivity (Wildman–Crippen MR) is 160 cm³/mol. The van der Waals surface area contributed by atoms with E-state index >= 15 is 0 Å². The smallest absolute Gasteiger partial charge is 0.284 e. The summed E-state index contributed by atoms with van der Waals surface area (Å²) in [6.07, 6.45) is 1.50. The molecule has 3 N–H and O–H groups in total. The van der Waals surface area contributed by atoms with Crippen molar-refractivity contribution in [3.63, 3.8) is 0 Å². The number of hydrogen-bond donors (Lipinski definition) is 3. The fraction of sp³-hybridized carbons (Fsp3) is 0.0357. The second-order valence-electron chi connectivity index (χ2n) is 8.27. The standard InChI is InChI=1S/C28H20BrN5O3S2/c29-20-12-10-17(11-13-20)24-25(31-16-39-24)33-23(36)15-30-28(38)34-26(18-6-2-1-3-7-18)32-21(27(34)37)14-19-8-4-5-9-22(19)35/h1-14,16,35H,15H2,(H,30,38)(H,33,36)/b21-14-. The number of aromatic hydroxyl groups is 1. The number of phenolic OH excluding ortho intramolecular Hbond substituents is 1. The van der Waals surface area contributed by atoms with Crippen molar-refractivity contribution < 1.29 is 14.7 Å². The Balaban J connectivity index is 1.32. The average Bonchev–Trinajstić information content (AvgIpc) is 3.53. The molecule has 0 unspecified atom stereocenters. The number of amidine groups is 1. The summed E-state index contributed by atoms with van der Waals surface area (Å²) < 4.78 is 0.951. The Hall–Kier alpha value is -4.19. The van der Waals surface area contributed by atoms with Crippen LogP contribution >= 0.6 is 39.5 Å². The van der Waals surface area contributed by atoms with Gasteiger partial charge in [-0.15, -0.1) is 11.3 Å². The van der Waals surface area contributed by atoms with E-state index in [4.69, 9.17) is 12.2 Å². The first kappa shape index (κ1) is 26.4. The van der Waals surface area contributed by atoms with Crippen molar-refractivity contribution in [2.24, 2.45) is 4.99 Å². The number of halogens is 1. The number of hydrogen-bond acceptors (Lipinski definition) is 7. The Labute approximate surface area is 241 Å². The van der Waals surface area contributed by atoms with E-state index in [0.29, 0.717) is 22.8 Å².